The van der Waals surface area contributed by atoms with Gasteiger partial charge in [0.05, 0.1) is 39.9 Å². The van der Waals surface area contributed by atoms with E-state index < -0.39 is 23.9 Å². The third kappa shape index (κ3) is 9.05. The van der Waals surface area contributed by atoms with Crippen molar-refractivity contribution in [2.24, 2.45) is 0 Å². The van der Waals surface area contributed by atoms with Crippen molar-refractivity contribution in [1.29, 1.82) is 0 Å². The van der Waals surface area contributed by atoms with Gasteiger partial charge in [0, 0.05) is 6.42 Å². The topological polar surface area (TPSA) is 113 Å². The molecule has 0 heterocycles. The Morgan fingerprint density at radius 2 is 1.78 bits per heavy atom. The fourth-order valence-corrected chi connectivity index (χ4v) is 2.41. The van der Waals surface area contributed by atoms with Gasteiger partial charge in [0.1, 0.15) is 11.8 Å². The minimum absolute atomic E-state index is 0.190. The summed E-state index contributed by atoms with van der Waals surface area (Å²) in [7, 11) is 6.34. The van der Waals surface area contributed by atoms with Crippen LogP contribution in [-0.4, -0.2) is 72.9 Å². The van der Waals surface area contributed by atoms with Gasteiger partial charge in [-0.15, -0.1) is 0 Å². The molecule has 1 atom stereocenters. The van der Waals surface area contributed by atoms with Crippen LogP contribution in [0.15, 0.2) is 24.3 Å². The summed E-state index contributed by atoms with van der Waals surface area (Å²) in [6, 6.07) is 5.32. The number of unbranched alkanes of at least 4 members (excludes halogenated alkanes) is 1. The van der Waals surface area contributed by atoms with E-state index in [-0.39, 0.29) is 18.4 Å². The van der Waals surface area contributed by atoms with Crippen LogP contribution in [0.1, 0.15) is 36.0 Å². The lowest BCUT2D eigenvalue weighted by Crippen LogP contribution is -2.41. The summed E-state index contributed by atoms with van der Waals surface area (Å²) in [6.07, 6.45) is 1.28. The predicted molar refractivity (Wildman–Crippen MR) is 99.8 cm³/mol. The Kier molecular flexibility index (Phi) is 8.74. The molecule has 150 valence electrons. The molecule has 1 aromatic carbocycles. The average Bonchev–Trinajstić information content (AvgIpc) is 2.57. The molecule has 0 saturated carbocycles. The molecule has 1 amide bonds. The molecular weight excluding hydrogens is 352 g/mol. The van der Waals surface area contributed by atoms with Gasteiger partial charge in [-0.05, 0) is 31.4 Å². The SMILES string of the molecule is C[N+](C)(C)CCCCOc1ccccc1C(=O)N[C@@H](CCC(=O)O)C(=O)O. The molecule has 0 aliphatic heterocycles. The second-order valence-corrected chi connectivity index (χ2v) is 7.36. The fraction of sp³-hybridized carbons (Fsp3) is 0.526. The number of ether oxygens (including phenoxy) is 1. The number of nitrogens with zero attached hydrogens (tertiary/aromatic N) is 1. The number of nitrogens with one attached hydrogen (secondary N) is 1. The van der Waals surface area contributed by atoms with Gasteiger partial charge in [-0.3, -0.25) is 9.59 Å². The zero-order valence-electron chi connectivity index (χ0n) is 16.1. The van der Waals surface area contributed by atoms with Gasteiger partial charge >= 0.3 is 11.9 Å². The number of amides is 1. The molecule has 0 aliphatic carbocycles. The fourth-order valence-electron chi connectivity index (χ4n) is 2.41. The smallest absolute Gasteiger partial charge is 0.326 e. The molecule has 0 bridgehead atoms. The highest BCUT2D eigenvalue weighted by Gasteiger charge is 2.23. The lowest BCUT2D eigenvalue weighted by atomic mass is 10.1. The monoisotopic (exact) mass is 381 g/mol. The highest BCUT2D eigenvalue weighted by molar-refractivity contribution is 5.99. The molecule has 0 aliphatic rings. The number of quaternary nitrogens is 1. The predicted octanol–water partition coefficient (Wildman–Crippen LogP) is 1.60. The third-order valence-electron chi connectivity index (χ3n) is 3.86. The van der Waals surface area contributed by atoms with Gasteiger partial charge in [-0.25, -0.2) is 4.79 Å². The highest BCUT2D eigenvalue weighted by Crippen LogP contribution is 2.19. The molecule has 8 nitrogen and oxygen atoms in total. The maximum absolute atomic E-state index is 12.4. The first-order valence-electron chi connectivity index (χ1n) is 8.88. The minimum atomic E-state index is -1.27. The van der Waals surface area contributed by atoms with Crippen molar-refractivity contribution in [2.45, 2.75) is 31.7 Å². The number of para-hydroxylation sites is 1. The number of carboxylic acids is 2. The second-order valence-electron chi connectivity index (χ2n) is 7.36. The number of carbonyl (C=O) groups excluding carboxylic acids is 1. The van der Waals surface area contributed by atoms with Crippen molar-refractivity contribution < 1.29 is 33.8 Å². The van der Waals surface area contributed by atoms with E-state index in [1.165, 1.54) is 0 Å². The van der Waals surface area contributed by atoms with Crippen molar-refractivity contribution in [3.8, 4) is 5.75 Å². The lowest BCUT2D eigenvalue weighted by molar-refractivity contribution is -0.870. The molecule has 3 N–H and O–H groups in total. The van der Waals surface area contributed by atoms with Crippen LogP contribution < -0.4 is 10.1 Å². The minimum Gasteiger partial charge on any atom is -0.493 e. The van der Waals surface area contributed by atoms with Crippen LogP contribution in [0.3, 0.4) is 0 Å². The third-order valence-corrected chi connectivity index (χ3v) is 3.86. The summed E-state index contributed by atoms with van der Waals surface area (Å²) in [5.41, 5.74) is 0.227. The van der Waals surface area contributed by atoms with Crippen LogP contribution >= 0.6 is 0 Å². The van der Waals surface area contributed by atoms with Crippen LogP contribution in [-0.2, 0) is 9.59 Å². The summed E-state index contributed by atoms with van der Waals surface area (Å²) < 4.78 is 6.57. The van der Waals surface area contributed by atoms with E-state index in [1.807, 2.05) is 0 Å². The van der Waals surface area contributed by atoms with Gasteiger partial charge in [-0.1, -0.05) is 12.1 Å². The molecule has 0 aromatic heterocycles. The normalized spacial score (nSPS) is 12.3. The van der Waals surface area contributed by atoms with Crippen molar-refractivity contribution in [3.63, 3.8) is 0 Å². The summed E-state index contributed by atoms with van der Waals surface area (Å²) >= 11 is 0. The van der Waals surface area contributed by atoms with Gasteiger partial charge < -0.3 is 24.7 Å². The molecule has 0 fully saturated rings. The Hall–Kier alpha value is -2.61. The first-order chi connectivity index (χ1) is 12.6. The summed E-state index contributed by atoms with van der Waals surface area (Å²) in [5, 5.41) is 20.2. The number of benzene rings is 1. The van der Waals surface area contributed by atoms with E-state index in [0.717, 1.165) is 23.9 Å². The summed E-state index contributed by atoms with van der Waals surface area (Å²) in [6.45, 7) is 1.46. The van der Waals surface area contributed by atoms with E-state index in [2.05, 4.69) is 26.5 Å². The second kappa shape index (κ2) is 10.5. The number of hydrogen-bond acceptors (Lipinski definition) is 4. The average molecular weight is 381 g/mol. The summed E-state index contributed by atoms with van der Waals surface area (Å²) in [5.74, 6) is -2.62. The van der Waals surface area contributed by atoms with Crippen LogP contribution in [0.25, 0.3) is 0 Å². The lowest BCUT2D eigenvalue weighted by Gasteiger charge is -2.23. The number of hydrogen-bond donors (Lipinski definition) is 3. The Balaban J connectivity index is 2.66. The Bertz CT molecular complexity index is 654. The van der Waals surface area contributed by atoms with Crippen molar-refractivity contribution in [1.82, 2.24) is 5.32 Å². The van der Waals surface area contributed by atoms with E-state index in [0.29, 0.717) is 12.4 Å². The maximum atomic E-state index is 12.4. The number of aliphatic carboxylic acids is 2. The van der Waals surface area contributed by atoms with E-state index in [1.54, 1.807) is 24.3 Å². The molecule has 1 aromatic rings. The molecular formula is C19H29N2O6+. The first kappa shape index (κ1) is 22.4. The van der Waals surface area contributed by atoms with E-state index >= 15 is 0 Å². The Morgan fingerprint density at radius 1 is 1.11 bits per heavy atom. The Morgan fingerprint density at radius 3 is 2.37 bits per heavy atom. The van der Waals surface area contributed by atoms with Crippen LogP contribution in [0.4, 0.5) is 0 Å². The van der Waals surface area contributed by atoms with Crippen molar-refractivity contribution in [2.75, 3.05) is 34.3 Å². The van der Waals surface area contributed by atoms with Gasteiger partial charge in [-0.2, -0.15) is 0 Å². The quantitative estimate of drug-likeness (QED) is 0.374. The largest absolute Gasteiger partial charge is 0.493 e. The van der Waals surface area contributed by atoms with Crippen LogP contribution in [0.5, 0.6) is 5.75 Å². The first-order valence-corrected chi connectivity index (χ1v) is 8.88. The standard InChI is InChI=1S/C19H28N2O6/c1-21(2,3)12-6-7-13-27-16-9-5-4-8-14(16)18(24)20-15(19(25)26)10-11-17(22)23/h4-5,8-9,15H,6-7,10-13H2,1-3H3,(H2-,20,22,23,24,25,26)/p+1/t15-/m0/s1. The molecule has 8 heteroatoms. The molecule has 1 rings (SSSR count). The zero-order valence-corrected chi connectivity index (χ0v) is 16.1. The van der Waals surface area contributed by atoms with Crippen molar-refractivity contribution >= 4 is 17.8 Å². The number of carboxylic acid groups (broad SMARTS) is 2. The summed E-state index contributed by atoms with van der Waals surface area (Å²) in [4.78, 5) is 34.3. The van der Waals surface area contributed by atoms with Gasteiger partial charge in [0.2, 0.25) is 0 Å². The molecule has 0 saturated heterocycles. The van der Waals surface area contributed by atoms with Gasteiger partial charge in [0.25, 0.3) is 5.91 Å². The molecule has 0 unspecified atom stereocenters. The highest BCUT2D eigenvalue weighted by atomic mass is 16.5. The number of carbonyl (C=O) groups is 3. The van der Waals surface area contributed by atoms with E-state index in [4.69, 9.17) is 9.84 Å². The van der Waals surface area contributed by atoms with Crippen LogP contribution in [0, 0.1) is 0 Å². The molecule has 27 heavy (non-hydrogen) atoms. The van der Waals surface area contributed by atoms with Crippen molar-refractivity contribution in [3.05, 3.63) is 29.8 Å². The molecule has 0 spiro atoms. The maximum Gasteiger partial charge on any atom is 0.326 e. The van der Waals surface area contributed by atoms with E-state index in [9.17, 15) is 19.5 Å². The van der Waals surface area contributed by atoms with Crippen LogP contribution in [0.2, 0.25) is 0 Å². The molecule has 0 radical (unpaired) electrons. The zero-order chi connectivity index (χ0) is 20.4. The number of rotatable bonds is 12. The Labute approximate surface area is 159 Å². The van der Waals surface area contributed by atoms with Gasteiger partial charge in [0.15, 0.2) is 0 Å².